The van der Waals surface area contributed by atoms with Crippen molar-refractivity contribution in [1.29, 1.82) is 0 Å². The van der Waals surface area contributed by atoms with Gasteiger partial charge in [0.25, 0.3) is 5.91 Å². The molecule has 0 aromatic heterocycles. The Labute approximate surface area is 135 Å². The van der Waals surface area contributed by atoms with Gasteiger partial charge in [-0.2, -0.15) is 0 Å². The van der Waals surface area contributed by atoms with Crippen molar-refractivity contribution < 1.29 is 13.9 Å². The number of hydrogen-bond donors (Lipinski definition) is 1. The molecule has 0 saturated heterocycles. The number of nitrogens with one attached hydrogen (secondary N) is 1. The van der Waals surface area contributed by atoms with E-state index in [2.05, 4.69) is 10.2 Å². The normalized spacial score (nSPS) is 10.7. The molecule has 0 heterocycles. The molecular formula is C18H21FN2O2. The lowest BCUT2D eigenvalue weighted by Crippen LogP contribution is -2.25. The third-order valence-corrected chi connectivity index (χ3v) is 3.47. The Hall–Kier alpha value is -2.40. The van der Waals surface area contributed by atoms with E-state index in [4.69, 9.17) is 4.74 Å². The number of ether oxygens (including phenoxy) is 1. The molecule has 0 radical (unpaired) electrons. The molecule has 1 amide bonds. The maximum atomic E-state index is 13.9. The Kier molecular flexibility index (Phi) is 5.71. The Morgan fingerprint density at radius 1 is 1.17 bits per heavy atom. The number of halogens is 1. The minimum absolute atomic E-state index is 0.0101. The Bertz CT molecular complexity index is 686. The van der Waals surface area contributed by atoms with E-state index in [1.165, 1.54) is 19.2 Å². The molecule has 0 fully saturated rings. The van der Waals surface area contributed by atoms with Crippen molar-refractivity contribution in [2.24, 2.45) is 0 Å². The van der Waals surface area contributed by atoms with Crippen LogP contribution in [-0.4, -0.2) is 32.0 Å². The molecular weight excluding hydrogens is 295 g/mol. The van der Waals surface area contributed by atoms with Gasteiger partial charge in [-0.25, -0.2) is 4.39 Å². The maximum absolute atomic E-state index is 13.9. The van der Waals surface area contributed by atoms with Gasteiger partial charge < -0.3 is 15.0 Å². The molecule has 4 nitrogen and oxygen atoms in total. The van der Waals surface area contributed by atoms with E-state index in [0.29, 0.717) is 12.3 Å². The summed E-state index contributed by atoms with van der Waals surface area (Å²) in [6.45, 7) is 1.14. The fourth-order valence-electron chi connectivity index (χ4n) is 2.30. The summed E-state index contributed by atoms with van der Waals surface area (Å²) >= 11 is 0. The lowest BCUT2D eigenvalue weighted by Gasteiger charge is -2.15. The SMILES string of the molecule is COc1ccc(C(=O)NCc2ccccc2CN(C)C)c(F)c1. The van der Waals surface area contributed by atoms with Crippen LogP contribution in [0.2, 0.25) is 0 Å². The summed E-state index contributed by atoms with van der Waals surface area (Å²) in [6, 6.07) is 12.1. The highest BCUT2D eigenvalue weighted by atomic mass is 19.1. The standard InChI is InChI=1S/C18H21FN2O2/c1-21(2)12-14-7-5-4-6-13(14)11-20-18(22)16-9-8-15(23-3)10-17(16)19/h4-10H,11-12H2,1-3H3,(H,20,22). The minimum atomic E-state index is -0.594. The average Bonchev–Trinajstić information content (AvgIpc) is 2.53. The highest BCUT2D eigenvalue weighted by Gasteiger charge is 2.13. The number of amides is 1. The van der Waals surface area contributed by atoms with Crippen molar-refractivity contribution in [1.82, 2.24) is 10.2 Å². The monoisotopic (exact) mass is 316 g/mol. The molecule has 2 rings (SSSR count). The molecule has 2 aromatic carbocycles. The van der Waals surface area contributed by atoms with Gasteiger partial charge >= 0.3 is 0 Å². The van der Waals surface area contributed by atoms with Crippen LogP contribution in [0.25, 0.3) is 0 Å². The van der Waals surface area contributed by atoms with Crippen molar-refractivity contribution in [3.63, 3.8) is 0 Å². The largest absolute Gasteiger partial charge is 0.497 e. The molecule has 122 valence electrons. The van der Waals surface area contributed by atoms with Crippen molar-refractivity contribution in [3.8, 4) is 5.75 Å². The van der Waals surface area contributed by atoms with Gasteiger partial charge in [0.05, 0.1) is 12.7 Å². The van der Waals surface area contributed by atoms with Crippen LogP contribution >= 0.6 is 0 Å². The molecule has 0 aliphatic carbocycles. The highest BCUT2D eigenvalue weighted by molar-refractivity contribution is 5.94. The van der Waals surface area contributed by atoms with Crippen molar-refractivity contribution in [2.75, 3.05) is 21.2 Å². The fourth-order valence-corrected chi connectivity index (χ4v) is 2.30. The van der Waals surface area contributed by atoms with Crippen LogP contribution < -0.4 is 10.1 Å². The van der Waals surface area contributed by atoms with E-state index in [1.807, 2.05) is 38.4 Å². The maximum Gasteiger partial charge on any atom is 0.254 e. The average molecular weight is 316 g/mol. The first kappa shape index (κ1) is 17.0. The van der Waals surface area contributed by atoms with Gasteiger partial charge in [-0.1, -0.05) is 24.3 Å². The smallest absolute Gasteiger partial charge is 0.254 e. The topological polar surface area (TPSA) is 41.6 Å². The van der Waals surface area contributed by atoms with E-state index in [1.54, 1.807) is 6.07 Å². The summed E-state index contributed by atoms with van der Waals surface area (Å²) in [7, 11) is 5.43. The molecule has 1 N–H and O–H groups in total. The highest BCUT2D eigenvalue weighted by Crippen LogP contribution is 2.16. The number of methoxy groups -OCH3 is 1. The molecule has 23 heavy (non-hydrogen) atoms. The zero-order chi connectivity index (χ0) is 16.8. The molecule has 2 aromatic rings. The number of nitrogens with zero attached hydrogens (tertiary/aromatic N) is 1. The Morgan fingerprint density at radius 3 is 2.48 bits per heavy atom. The van der Waals surface area contributed by atoms with Gasteiger partial charge in [0.2, 0.25) is 0 Å². The first-order valence-electron chi connectivity index (χ1n) is 7.34. The number of carbonyl (C=O) groups excluding carboxylic acids is 1. The molecule has 0 unspecified atom stereocenters. The van der Waals surface area contributed by atoms with Crippen LogP contribution in [0.3, 0.4) is 0 Å². The number of rotatable bonds is 6. The van der Waals surface area contributed by atoms with Crippen molar-refractivity contribution in [3.05, 3.63) is 65.0 Å². The van der Waals surface area contributed by atoms with Crippen LogP contribution in [-0.2, 0) is 13.1 Å². The van der Waals surface area contributed by atoms with Gasteiger partial charge in [-0.3, -0.25) is 4.79 Å². The second kappa shape index (κ2) is 7.74. The number of carbonyl (C=O) groups is 1. The first-order valence-corrected chi connectivity index (χ1v) is 7.34. The summed E-state index contributed by atoms with van der Waals surface area (Å²) in [5.74, 6) is -0.649. The summed E-state index contributed by atoms with van der Waals surface area (Å²) in [4.78, 5) is 14.2. The summed E-state index contributed by atoms with van der Waals surface area (Å²) < 4.78 is 18.9. The van der Waals surface area contributed by atoms with E-state index in [9.17, 15) is 9.18 Å². The van der Waals surface area contributed by atoms with E-state index >= 15 is 0 Å². The Morgan fingerprint density at radius 2 is 1.87 bits per heavy atom. The zero-order valence-corrected chi connectivity index (χ0v) is 13.6. The summed E-state index contributed by atoms with van der Waals surface area (Å²) in [6.07, 6.45) is 0. The van der Waals surface area contributed by atoms with Crippen molar-refractivity contribution in [2.45, 2.75) is 13.1 Å². The molecule has 0 aliphatic heterocycles. The van der Waals surface area contributed by atoms with Crippen LogP contribution in [0, 0.1) is 5.82 Å². The molecule has 0 spiro atoms. The van der Waals surface area contributed by atoms with Crippen molar-refractivity contribution >= 4 is 5.91 Å². The van der Waals surface area contributed by atoms with Crippen LogP contribution in [0.4, 0.5) is 4.39 Å². The number of benzene rings is 2. The van der Waals surface area contributed by atoms with E-state index < -0.39 is 11.7 Å². The summed E-state index contributed by atoms with van der Waals surface area (Å²) in [5.41, 5.74) is 2.16. The Balaban J connectivity index is 2.08. The predicted octanol–water partition coefficient (Wildman–Crippen LogP) is 2.83. The molecule has 0 atom stereocenters. The molecule has 5 heteroatoms. The molecule has 0 saturated carbocycles. The number of hydrogen-bond acceptors (Lipinski definition) is 3. The predicted molar refractivity (Wildman–Crippen MR) is 88.0 cm³/mol. The van der Waals surface area contributed by atoms with E-state index in [0.717, 1.165) is 17.7 Å². The third kappa shape index (κ3) is 4.53. The van der Waals surface area contributed by atoms with Crippen LogP contribution in [0.5, 0.6) is 5.75 Å². The van der Waals surface area contributed by atoms with Gasteiger partial charge in [0.1, 0.15) is 11.6 Å². The minimum Gasteiger partial charge on any atom is -0.497 e. The van der Waals surface area contributed by atoms with Crippen LogP contribution in [0.1, 0.15) is 21.5 Å². The molecule has 0 bridgehead atoms. The summed E-state index contributed by atoms with van der Waals surface area (Å²) in [5, 5.41) is 2.77. The van der Waals surface area contributed by atoms with Gasteiger partial charge in [0.15, 0.2) is 0 Å². The third-order valence-electron chi connectivity index (χ3n) is 3.47. The fraction of sp³-hybridized carbons (Fsp3) is 0.278. The molecule has 0 aliphatic rings. The second-order valence-corrected chi connectivity index (χ2v) is 5.53. The zero-order valence-electron chi connectivity index (χ0n) is 13.6. The lowest BCUT2D eigenvalue weighted by molar-refractivity contribution is 0.0946. The van der Waals surface area contributed by atoms with Gasteiger partial charge in [0, 0.05) is 19.2 Å². The van der Waals surface area contributed by atoms with E-state index in [-0.39, 0.29) is 5.56 Å². The van der Waals surface area contributed by atoms with Gasteiger partial charge in [-0.05, 0) is 37.4 Å². The quantitative estimate of drug-likeness (QED) is 0.891. The lowest BCUT2D eigenvalue weighted by atomic mass is 10.1. The first-order chi connectivity index (χ1) is 11.0. The second-order valence-electron chi connectivity index (χ2n) is 5.53. The van der Waals surface area contributed by atoms with Gasteiger partial charge in [-0.15, -0.1) is 0 Å². The van der Waals surface area contributed by atoms with Crippen LogP contribution in [0.15, 0.2) is 42.5 Å².